The van der Waals surface area contributed by atoms with E-state index in [9.17, 15) is 4.79 Å². The Bertz CT molecular complexity index is 493. The quantitative estimate of drug-likeness (QED) is 0.412. The van der Waals surface area contributed by atoms with Crippen LogP contribution in [0.4, 0.5) is 0 Å². The summed E-state index contributed by atoms with van der Waals surface area (Å²) in [4.78, 5) is 13.0. The maximum Gasteiger partial charge on any atom is 0.220 e. The molecule has 0 unspecified atom stereocenters. The second-order valence-electron chi connectivity index (χ2n) is 5.00. The molecule has 1 amide bonds. The minimum atomic E-state index is 0. The number of rotatable bonds is 7. The summed E-state index contributed by atoms with van der Waals surface area (Å²) in [7, 11) is 0. The Kier molecular flexibility index (Phi) is 9.87. The van der Waals surface area contributed by atoms with Gasteiger partial charge in [0.15, 0.2) is 0 Å². The van der Waals surface area contributed by atoms with Gasteiger partial charge in [0.2, 0.25) is 5.91 Å². The normalized spacial score (nSPS) is 14.0. The Morgan fingerprint density at radius 1 is 1.32 bits per heavy atom. The summed E-state index contributed by atoms with van der Waals surface area (Å²) in [5, 5.41) is 6.28. The first-order valence-corrected chi connectivity index (χ1v) is 9.05. The van der Waals surface area contributed by atoms with Crippen molar-refractivity contribution in [3.63, 3.8) is 0 Å². The number of carbonyl (C=O) groups is 1. The van der Waals surface area contributed by atoms with E-state index in [1.807, 2.05) is 12.1 Å². The minimum Gasteiger partial charge on any atom is -0.352 e. The summed E-state index contributed by atoms with van der Waals surface area (Å²) in [6.07, 6.45) is 4.73. The molecule has 2 rings (SSSR count). The molecule has 0 aliphatic carbocycles. The van der Waals surface area contributed by atoms with E-state index in [0.29, 0.717) is 13.0 Å². The molecule has 0 bridgehead atoms. The number of nitrogens with one attached hydrogen (secondary N) is 2. The van der Waals surface area contributed by atoms with E-state index in [2.05, 4.69) is 44.8 Å². The Balaban J connectivity index is 0.00000242. The van der Waals surface area contributed by atoms with Crippen molar-refractivity contribution in [3.05, 3.63) is 40.4 Å². The zero-order valence-electron chi connectivity index (χ0n) is 12.4. The van der Waals surface area contributed by atoms with Crippen molar-refractivity contribution < 1.29 is 4.79 Å². The van der Waals surface area contributed by atoms with E-state index in [4.69, 9.17) is 0 Å². The predicted molar refractivity (Wildman–Crippen MR) is 99.9 cm³/mol. The fraction of sp³-hybridized carbons (Fsp3) is 0.438. The standard InChI is InChI=1S/C16H21BrN2OS.ClH/c17-14-3-5-15(6-4-14)21-11-1-2-16(20)19-12-13-7-9-18-10-8-13;/h3-7,18H,1-2,8-12H2,(H,19,20);1H. The van der Waals surface area contributed by atoms with Crippen LogP contribution in [0.3, 0.4) is 0 Å². The molecule has 0 aromatic heterocycles. The molecule has 22 heavy (non-hydrogen) atoms. The zero-order valence-corrected chi connectivity index (χ0v) is 15.7. The van der Waals surface area contributed by atoms with Crippen LogP contribution in [-0.2, 0) is 4.79 Å². The van der Waals surface area contributed by atoms with Crippen LogP contribution in [0.2, 0.25) is 0 Å². The molecule has 6 heteroatoms. The van der Waals surface area contributed by atoms with Gasteiger partial charge in [-0.2, -0.15) is 0 Å². The van der Waals surface area contributed by atoms with E-state index in [1.54, 1.807) is 11.8 Å². The van der Waals surface area contributed by atoms with E-state index in [-0.39, 0.29) is 18.3 Å². The molecule has 0 fully saturated rings. The van der Waals surface area contributed by atoms with Crippen molar-refractivity contribution in [1.29, 1.82) is 0 Å². The largest absolute Gasteiger partial charge is 0.352 e. The van der Waals surface area contributed by atoms with Gasteiger partial charge in [-0.3, -0.25) is 4.79 Å². The molecule has 0 radical (unpaired) electrons. The predicted octanol–water partition coefficient (Wildman–Crippen LogP) is 3.78. The fourth-order valence-electron chi connectivity index (χ4n) is 2.08. The summed E-state index contributed by atoms with van der Waals surface area (Å²) >= 11 is 5.22. The third-order valence-electron chi connectivity index (χ3n) is 3.30. The number of carbonyl (C=O) groups excluding carboxylic acids is 1. The number of halogens is 2. The van der Waals surface area contributed by atoms with Crippen LogP contribution in [0.25, 0.3) is 0 Å². The van der Waals surface area contributed by atoms with E-state index in [0.717, 1.165) is 36.2 Å². The van der Waals surface area contributed by atoms with Gasteiger partial charge in [0.1, 0.15) is 0 Å². The molecule has 1 aromatic carbocycles. The van der Waals surface area contributed by atoms with Crippen molar-refractivity contribution in [2.75, 3.05) is 25.4 Å². The van der Waals surface area contributed by atoms with Crippen LogP contribution >= 0.6 is 40.1 Å². The highest BCUT2D eigenvalue weighted by Crippen LogP contribution is 2.21. The average Bonchev–Trinajstić information content (AvgIpc) is 2.52. The molecular weight excluding hydrogens is 384 g/mol. The summed E-state index contributed by atoms with van der Waals surface area (Å²) < 4.78 is 1.10. The van der Waals surface area contributed by atoms with Gasteiger partial charge in [-0.1, -0.05) is 27.6 Å². The number of amides is 1. The first-order chi connectivity index (χ1) is 10.2. The van der Waals surface area contributed by atoms with Crippen LogP contribution in [0.1, 0.15) is 19.3 Å². The van der Waals surface area contributed by atoms with E-state index < -0.39 is 0 Å². The SMILES string of the molecule is Cl.O=C(CCCSc1ccc(Br)cc1)NCC1=CCNCC1. The Labute approximate surface area is 151 Å². The van der Waals surface area contributed by atoms with Crippen LogP contribution in [0.5, 0.6) is 0 Å². The van der Waals surface area contributed by atoms with Crippen LogP contribution in [0.15, 0.2) is 45.3 Å². The number of hydrogen-bond acceptors (Lipinski definition) is 3. The smallest absolute Gasteiger partial charge is 0.220 e. The van der Waals surface area contributed by atoms with Crippen molar-refractivity contribution in [2.24, 2.45) is 0 Å². The molecule has 1 aromatic rings. The molecular formula is C16H22BrClN2OS. The second kappa shape index (κ2) is 11.1. The van der Waals surface area contributed by atoms with Gasteiger partial charge in [0.05, 0.1) is 0 Å². The molecule has 1 heterocycles. The lowest BCUT2D eigenvalue weighted by Gasteiger charge is -2.14. The topological polar surface area (TPSA) is 41.1 Å². The first kappa shape index (κ1) is 19.6. The van der Waals surface area contributed by atoms with Crippen LogP contribution < -0.4 is 10.6 Å². The van der Waals surface area contributed by atoms with Crippen LogP contribution in [-0.4, -0.2) is 31.3 Å². The Hall–Kier alpha value is -0.490. The van der Waals surface area contributed by atoms with Gasteiger partial charge < -0.3 is 10.6 Å². The second-order valence-corrected chi connectivity index (χ2v) is 7.08. The number of benzene rings is 1. The molecule has 122 valence electrons. The molecule has 1 aliphatic heterocycles. The monoisotopic (exact) mass is 404 g/mol. The van der Waals surface area contributed by atoms with Gasteiger partial charge in [-0.25, -0.2) is 0 Å². The van der Waals surface area contributed by atoms with Gasteiger partial charge in [-0.05, 0) is 49.4 Å². The lowest BCUT2D eigenvalue weighted by atomic mass is 10.1. The third-order valence-corrected chi connectivity index (χ3v) is 4.93. The zero-order chi connectivity index (χ0) is 14.9. The highest BCUT2D eigenvalue weighted by atomic mass is 79.9. The summed E-state index contributed by atoms with van der Waals surface area (Å²) in [5.74, 6) is 1.13. The highest BCUT2D eigenvalue weighted by Gasteiger charge is 2.05. The summed E-state index contributed by atoms with van der Waals surface area (Å²) in [5.41, 5.74) is 1.34. The number of thioether (sulfide) groups is 1. The molecule has 1 aliphatic rings. The van der Waals surface area contributed by atoms with Crippen LogP contribution in [0, 0.1) is 0 Å². The minimum absolute atomic E-state index is 0. The van der Waals surface area contributed by atoms with Crippen molar-refractivity contribution in [2.45, 2.75) is 24.2 Å². The summed E-state index contributed by atoms with van der Waals surface area (Å²) in [6, 6.07) is 8.28. The molecule has 2 N–H and O–H groups in total. The van der Waals surface area contributed by atoms with Gasteiger partial charge in [0.25, 0.3) is 0 Å². The maximum atomic E-state index is 11.8. The lowest BCUT2D eigenvalue weighted by Crippen LogP contribution is -2.29. The van der Waals surface area contributed by atoms with Gasteiger partial charge >= 0.3 is 0 Å². The molecule has 0 saturated carbocycles. The summed E-state index contributed by atoms with van der Waals surface area (Å²) in [6.45, 7) is 2.65. The van der Waals surface area contributed by atoms with Gasteiger partial charge in [-0.15, -0.1) is 24.2 Å². The molecule has 0 atom stereocenters. The average molecular weight is 406 g/mol. The van der Waals surface area contributed by atoms with Gasteiger partial charge in [0, 0.05) is 28.9 Å². The molecule has 0 saturated heterocycles. The Morgan fingerprint density at radius 3 is 2.77 bits per heavy atom. The van der Waals surface area contributed by atoms with Crippen molar-refractivity contribution in [3.8, 4) is 0 Å². The first-order valence-electron chi connectivity index (χ1n) is 7.28. The maximum absolute atomic E-state index is 11.8. The Morgan fingerprint density at radius 2 is 2.09 bits per heavy atom. The lowest BCUT2D eigenvalue weighted by molar-refractivity contribution is -0.120. The molecule has 3 nitrogen and oxygen atoms in total. The molecule has 0 spiro atoms. The number of hydrogen-bond donors (Lipinski definition) is 2. The highest BCUT2D eigenvalue weighted by molar-refractivity contribution is 9.10. The van der Waals surface area contributed by atoms with E-state index >= 15 is 0 Å². The third kappa shape index (κ3) is 7.68. The van der Waals surface area contributed by atoms with E-state index in [1.165, 1.54) is 10.5 Å². The fourth-order valence-corrected chi connectivity index (χ4v) is 3.20. The van der Waals surface area contributed by atoms with Crippen molar-refractivity contribution in [1.82, 2.24) is 10.6 Å². The van der Waals surface area contributed by atoms with Crippen molar-refractivity contribution >= 4 is 46.0 Å².